The molecule has 0 saturated heterocycles. The van der Waals surface area contributed by atoms with Gasteiger partial charge < -0.3 is 10.4 Å². The number of hydrazone groups is 1. The number of hydrogen-bond acceptors (Lipinski definition) is 2. The van der Waals surface area contributed by atoms with Gasteiger partial charge in [0.1, 0.15) is 0 Å². The molecule has 22 heavy (non-hydrogen) atoms. The van der Waals surface area contributed by atoms with Crippen LogP contribution >= 0.6 is 0 Å². The summed E-state index contributed by atoms with van der Waals surface area (Å²) in [5.74, 6) is 0.534. The summed E-state index contributed by atoms with van der Waals surface area (Å²) in [7, 11) is 0. The zero-order valence-electron chi connectivity index (χ0n) is 13.7. The Morgan fingerprint density at radius 2 is 1.86 bits per heavy atom. The third-order valence-electron chi connectivity index (χ3n) is 6.04. The molecule has 0 amide bonds. The zero-order chi connectivity index (χ0) is 15.5. The Morgan fingerprint density at radius 3 is 2.59 bits per heavy atom. The summed E-state index contributed by atoms with van der Waals surface area (Å²) < 4.78 is 0. The maximum absolute atomic E-state index is 4.62. The molecule has 2 aromatic rings. The predicted molar refractivity (Wildman–Crippen MR) is 92.8 cm³/mol. The van der Waals surface area contributed by atoms with Crippen molar-refractivity contribution in [3.8, 4) is 0 Å². The topological polar surface area (TPSA) is 40.2 Å². The molecular weight excluding hydrogens is 270 g/mol. The number of aromatic amines is 1. The largest absolute Gasteiger partial charge is 0.361 e. The van der Waals surface area contributed by atoms with Gasteiger partial charge in [0, 0.05) is 28.6 Å². The Bertz CT molecular complexity index is 791. The van der Waals surface area contributed by atoms with E-state index in [1.54, 1.807) is 0 Å². The first-order valence-electron chi connectivity index (χ1n) is 8.00. The number of fused-ring (bicyclic) bond motifs is 1. The maximum Gasteiger partial charge on any atom is 0.0695 e. The average molecular weight is 293 g/mol. The van der Waals surface area contributed by atoms with Gasteiger partial charge in [-0.25, -0.2) is 0 Å². The highest BCUT2D eigenvalue weighted by molar-refractivity contribution is 6.10. The van der Waals surface area contributed by atoms with Crippen LogP contribution in [0.4, 0.5) is 0 Å². The van der Waals surface area contributed by atoms with Gasteiger partial charge in [0.25, 0.3) is 0 Å². The summed E-state index contributed by atoms with van der Waals surface area (Å²) in [6.07, 6.45) is 4.39. The molecule has 1 aromatic heterocycles. The minimum Gasteiger partial charge on any atom is -0.361 e. The maximum atomic E-state index is 4.62. The van der Waals surface area contributed by atoms with E-state index < -0.39 is 0 Å². The number of benzene rings is 1. The highest BCUT2D eigenvalue weighted by Gasteiger charge is 2.67. The predicted octanol–water partition coefficient (Wildman–Crippen LogP) is 4.19. The van der Waals surface area contributed by atoms with Crippen LogP contribution in [0.5, 0.6) is 0 Å². The second kappa shape index (κ2) is 4.25. The Morgan fingerprint density at radius 1 is 1.14 bits per heavy atom. The number of nitrogens with one attached hydrogen (secondary N) is 2. The number of aromatic nitrogens is 1. The van der Waals surface area contributed by atoms with Crippen LogP contribution in [0.1, 0.15) is 33.3 Å². The molecule has 1 saturated carbocycles. The molecule has 1 aliphatic carbocycles. The first-order chi connectivity index (χ1) is 10.4. The lowest BCUT2D eigenvalue weighted by Crippen LogP contribution is -2.08. The standard InChI is InChI=1S/C19H23N3/c1-18(2)17(19(18,3)4)16-13(11-21-22-16)9-12-10-20-15-8-6-5-7-14(12)15/h5-10,17,20-21H,11H2,1-4H3. The molecule has 114 valence electrons. The first kappa shape index (κ1) is 13.6. The molecule has 2 N–H and O–H groups in total. The second-order valence-electron chi connectivity index (χ2n) is 7.67. The Labute approximate surface area is 131 Å². The molecule has 0 atom stereocenters. The van der Waals surface area contributed by atoms with Gasteiger partial charge in [0.2, 0.25) is 0 Å². The van der Waals surface area contributed by atoms with Crippen molar-refractivity contribution in [2.24, 2.45) is 21.8 Å². The van der Waals surface area contributed by atoms with Crippen LogP contribution in [-0.4, -0.2) is 17.2 Å². The van der Waals surface area contributed by atoms with E-state index in [1.807, 2.05) is 0 Å². The van der Waals surface area contributed by atoms with Crippen LogP contribution in [0.3, 0.4) is 0 Å². The van der Waals surface area contributed by atoms with Crippen LogP contribution in [0, 0.1) is 16.7 Å². The van der Waals surface area contributed by atoms with E-state index >= 15 is 0 Å². The van der Waals surface area contributed by atoms with Crippen LogP contribution in [0.25, 0.3) is 17.0 Å². The molecule has 1 fully saturated rings. The van der Waals surface area contributed by atoms with Crippen molar-refractivity contribution in [3.05, 3.63) is 41.6 Å². The molecule has 0 unspecified atom stereocenters. The fourth-order valence-corrected chi connectivity index (χ4v) is 4.03. The Kier molecular flexibility index (Phi) is 2.63. The third kappa shape index (κ3) is 1.71. The smallest absolute Gasteiger partial charge is 0.0695 e. The number of para-hydroxylation sites is 1. The van der Waals surface area contributed by atoms with Gasteiger partial charge in [-0.15, -0.1) is 0 Å². The molecule has 4 rings (SSSR count). The number of nitrogens with zero attached hydrogens (tertiary/aromatic N) is 1. The van der Waals surface area contributed by atoms with Crippen LogP contribution in [0.2, 0.25) is 0 Å². The summed E-state index contributed by atoms with van der Waals surface area (Å²) in [4.78, 5) is 3.35. The average Bonchev–Trinajstić information content (AvgIpc) is 2.92. The fraction of sp³-hybridized carbons (Fsp3) is 0.421. The van der Waals surface area contributed by atoms with Crippen molar-refractivity contribution in [1.29, 1.82) is 0 Å². The number of rotatable bonds is 2. The quantitative estimate of drug-likeness (QED) is 0.856. The summed E-state index contributed by atoms with van der Waals surface area (Å²) >= 11 is 0. The molecule has 3 heteroatoms. The van der Waals surface area contributed by atoms with Gasteiger partial charge in [0.05, 0.1) is 12.3 Å². The third-order valence-corrected chi connectivity index (χ3v) is 6.04. The molecule has 0 spiro atoms. The van der Waals surface area contributed by atoms with Crippen LogP contribution < -0.4 is 5.43 Å². The van der Waals surface area contributed by atoms with Gasteiger partial charge in [0.15, 0.2) is 0 Å². The molecule has 1 aromatic carbocycles. The lowest BCUT2D eigenvalue weighted by Gasteiger charge is -2.04. The van der Waals surface area contributed by atoms with E-state index in [2.05, 4.69) is 79.7 Å². The molecule has 0 bridgehead atoms. The summed E-state index contributed by atoms with van der Waals surface area (Å²) in [6.45, 7) is 10.2. The number of H-pyrrole nitrogens is 1. The van der Waals surface area contributed by atoms with Crippen molar-refractivity contribution < 1.29 is 0 Å². The van der Waals surface area contributed by atoms with Gasteiger partial charge in [-0.2, -0.15) is 5.10 Å². The molecule has 1 aliphatic heterocycles. The van der Waals surface area contributed by atoms with E-state index in [9.17, 15) is 0 Å². The van der Waals surface area contributed by atoms with Gasteiger partial charge >= 0.3 is 0 Å². The molecule has 2 heterocycles. The molecule has 2 aliphatic rings. The SMILES string of the molecule is CC1(C)C(C2=NNCC2=Cc2c[nH]c3ccccc23)C1(C)C. The molecule has 3 nitrogen and oxygen atoms in total. The molecular formula is C19H23N3. The lowest BCUT2D eigenvalue weighted by atomic mass is 9.99. The van der Waals surface area contributed by atoms with Crippen molar-refractivity contribution in [2.75, 3.05) is 6.54 Å². The van der Waals surface area contributed by atoms with Crippen molar-refractivity contribution in [3.63, 3.8) is 0 Å². The minimum absolute atomic E-state index is 0.317. The van der Waals surface area contributed by atoms with Gasteiger partial charge in [-0.1, -0.05) is 45.9 Å². The Hall–Kier alpha value is -2.03. The number of hydrogen-bond donors (Lipinski definition) is 2. The Balaban J connectivity index is 1.73. The van der Waals surface area contributed by atoms with E-state index in [-0.39, 0.29) is 0 Å². The van der Waals surface area contributed by atoms with Crippen LogP contribution in [-0.2, 0) is 0 Å². The van der Waals surface area contributed by atoms with Crippen LogP contribution in [0.15, 0.2) is 41.1 Å². The van der Waals surface area contributed by atoms with Crippen molar-refractivity contribution >= 4 is 22.7 Å². The highest BCUT2D eigenvalue weighted by Crippen LogP contribution is 2.69. The van der Waals surface area contributed by atoms with E-state index in [0.29, 0.717) is 16.7 Å². The van der Waals surface area contributed by atoms with E-state index in [4.69, 9.17) is 0 Å². The van der Waals surface area contributed by atoms with Gasteiger partial charge in [-0.3, -0.25) is 0 Å². The first-order valence-corrected chi connectivity index (χ1v) is 8.00. The molecule has 0 radical (unpaired) electrons. The normalized spacial score (nSPS) is 24.5. The lowest BCUT2D eigenvalue weighted by molar-refractivity contribution is 0.457. The summed E-state index contributed by atoms with van der Waals surface area (Å²) in [6, 6.07) is 8.44. The van der Waals surface area contributed by atoms with E-state index in [1.165, 1.54) is 27.8 Å². The fourth-order valence-electron chi connectivity index (χ4n) is 4.03. The highest BCUT2D eigenvalue weighted by atomic mass is 15.3. The monoisotopic (exact) mass is 293 g/mol. The zero-order valence-corrected chi connectivity index (χ0v) is 13.7. The second-order valence-corrected chi connectivity index (χ2v) is 7.67. The minimum atomic E-state index is 0.317. The summed E-state index contributed by atoms with van der Waals surface area (Å²) in [5.41, 5.74) is 8.83. The van der Waals surface area contributed by atoms with Gasteiger partial charge in [-0.05, 0) is 28.5 Å². The van der Waals surface area contributed by atoms with E-state index in [0.717, 1.165) is 6.54 Å². The van der Waals surface area contributed by atoms with Crippen molar-refractivity contribution in [1.82, 2.24) is 10.4 Å². The van der Waals surface area contributed by atoms with Crippen molar-refractivity contribution in [2.45, 2.75) is 27.7 Å². The summed E-state index contributed by atoms with van der Waals surface area (Å²) in [5, 5.41) is 5.89.